The van der Waals surface area contributed by atoms with Crippen LogP contribution in [0.5, 0.6) is 0 Å². The molecular weight excluding hydrogens is 455 g/mol. The van der Waals surface area contributed by atoms with E-state index in [1.807, 2.05) is 49.4 Å². The lowest BCUT2D eigenvalue weighted by Gasteiger charge is -2.31. The third-order valence-electron chi connectivity index (χ3n) is 6.63. The fourth-order valence-corrected chi connectivity index (χ4v) is 4.68. The molecule has 0 unspecified atom stereocenters. The number of nitrogens with one attached hydrogen (secondary N) is 1. The van der Waals surface area contributed by atoms with Crippen LogP contribution in [0, 0.1) is 25.2 Å². The van der Waals surface area contributed by atoms with Crippen LogP contribution in [0.15, 0.2) is 60.8 Å². The number of aromatic nitrogens is 3. The van der Waals surface area contributed by atoms with Crippen molar-refractivity contribution >= 4 is 39.9 Å². The SMILES string of the molecule is [C-]#[N+]c1[nH]nc2ccc(/C(=C(/c3ncc(F)cc3C)C3CCC3)c3ccc(/C=C/C(=O)O)cc3)cc12. The minimum Gasteiger partial charge on any atom is -0.478 e. The van der Waals surface area contributed by atoms with Gasteiger partial charge in [-0.15, -0.1) is 5.10 Å². The molecule has 5 rings (SSSR count). The number of aliphatic carboxylic acids is 1. The molecular formula is C29H23FN4O2. The highest BCUT2D eigenvalue weighted by Crippen LogP contribution is 2.45. The highest BCUT2D eigenvalue weighted by Gasteiger charge is 2.29. The number of hydrogen-bond donors (Lipinski definition) is 2. The van der Waals surface area contributed by atoms with Gasteiger partial charge in [0.1, 0.15) is 11.3 Å². The van der Waals surface area contributed by atoms with Gasteiger partial charge in [-0.25, -0.2) is 14.3 Å². The monoisotopic (exact) mass is 478 g/mol. The van der Waals surface area contributed by atoms with Gasteiger partial charge in [-0.05, 0) is 77.3 Å². The average Bonchev–Trinajstić information content (AvgIpc) is 3.24. The first-order valence-electron chi connectivity index (χ1n) is 11.7. The van der Waals surface area contributed by atoms with Crippen molar-refractivity contribution in [1.29, 1.82) is 0 Å². The number of fused-ring (bicyclic) bond motifs is 1. The first-order valence-corrected chi connectivity index (χ1v) is 11.7. The number of halogens is 1. The van der Waals surface area contributed by atoms with Crippen molar-refractivity contribution in [3.63, 3.8) is 0 Å². The van der Waals surface area contributed by atoms with E-state index >= 15 is 0 Å². The Morgan fingerprint density at radius 1 is 1.17 bits per heavy atom. The van der Waals surface area contributed by atoms with E-state index in [0.29, 0.717) is 11.3 Å². The number of H-pyrrole nitrogens is 1. The summed E-state index contributed by atoms with van der Waals surface area (Å²) in [6.07, 6.45) is 7.05. The van der Waals surface area contributed by atoms with E-state index in [1.165, 1.54) is 12.3 Å². The highest BCUT2D eigenvalue weighted by molar-refractivity contribution is 6.02. The van der Waals surface area contributed by atoms with Gasteiger partial charge >= 0.3 is 5.97 Å². The van der Waals surface area contributed by atoms with Crippen LogP contribution >= 0.6 is 0 Å². The Morgan fingerprint density at radius 3 is 2.56 bits per heavy atom. The minimum atomic E-state index is -1.01. The summed E-state index contributed by atoms with van der Waals surface area (Å²) in [6.45, 7) is 9.37. The molecule has 2 N–H and O–H groups in total. The molecule has 0 aliphatic heterocycles. The van der Waals surface area contributed by atoms with Crippen molar-refractivity contribution in [2.24, 2.45) is 5.92 Å². The van der Waals surface area contributed by atoms with Crippen LogP contribution in [0.3, 0.4) is 0 Å². The smallest absolute Gasteiger partial charge is 0.328 e. The lowest BCUT2D eigenvalue weighted by atomic mass is 9.73. The maximum Gasteiger partial charge on any atom is 0.328 e. The van der Waals surface area contributed by atoms with Crippen molar-refractivity contribution < 1.29 is 14.3 Å². The second-order valence-electron chi connectivity index (χ2n) is 8.95. The van der Waals surface area contributed by atoms with Gasteiger partial charge < -0.3 is 9.95 Å². The van der Waals surface area contributed by atoms with Gasteiger partial charge in [0, 0.05) is 11.5 Å². The Kier molecular flexibility index (Phi) is 6.17. The number of carboxylic acids is 1. The van der Waals surface area contributed by atoms with Crippen molar-refractivity contribution in [3.8, 4) is 0 Å². The van der Waals surface area contributed by atoms with Crippen molar-refractivity contribution in [2.45, 2.75) is 26.2 Å². The number of allylic oxidation sites excluding steroid dienone is 1. The van der Waals surface area contributed by atoms with Gasteiger partial charge in [0.2, 0.25) is 0 Å². The van der Waals surface area contributed by atoms with Crippen LogP contribution in [0.25, 0.3) is 33.0 Å². The summed E-state index contributed by atoms with van der Waals surface area (Å²) in [7, 11) is 0. The van der Waals surface area contributed by atoms with E-state index in [0.717, 1.165) is 69.8 Å². The number of carboxylic acid groups (broad SMARTS) is 1. The van der Waals surface area contributed by atoms with Gasteiger partial charge in [-0.2, -0.15) is 0 Å². The third kappa shape index (κ3) is 4.41. The maximum absolute atomic E-state index is 14.0. The standard InChI is InChI=1S/C29H23FN4O2/c1-17-14-22(30)16-32-28(17)27(19-4-3-5-19)26(20-9-6-18(7-10-20)8-13-25(35)36)21-11-12-24-23(15-21)29(31-2)34-33-24/h6-16,19H,3-5H2,1H3,(H,33,34)(H,35,36)/b13-8+,27-26+. The lowest BCUT2D eigenvalue weighted by molar-refractivity contribution is -0.131. The summed E-state index contributed by atoms with van der Waals surface area (Å²) in [4.78, 5) is 19.0. The molecule has 4 aromatic rings. The van der Waals surface area contributed by atoms with Crippen LogP contribution in [-0.2, 0) is 4.79 Å². The van der Waals surface area contributed by atoms with Crippen LogP contribution in [0.4, 0.5) is 10.2 Å². The second-order valence-corrected chi connectivity index (χ2v) is 8.95. The first-order chi connectivity index (χ1) is 17.4. The largest absolute Gasteiger partial charge is 0.478 e. The van der Waals surface area contributed by atoms with E-state index in [2.05, 4.69) is 20.0 Å². The highest BCUT2D eigenvalue weighted by atomic mass is 19.1. The topological polar surface area (TPSA) is 83.2 Å². The molecule has 0 spiro atoms. The molecule has 0 radical (unpaired) electrons. The van der Waals surface area contributed by atoms with Crippen molar-refractivity contribution in [3.05, 3.63) is 106 Å². The normalized spacial score (nSPS) is 14.5. The minimum absolute atomic E-state index is 0.267. The molecule has 1 aliphatic carbocycles. The molecule has 1 fully saturated rings. The summed E-state index contributed by atoms with van der Waals surface area (Å²) >= 11 is 0. The van der Waals surface area contributed by atoms with E-state index in [9.17, 15) is 9.18 Å². The number of hydrogen-bond acceptors (Lipinski definition) is 3. The predicted molar refractivity (Wildman–Crippen MR) is 138 cm³/mol. The predicted octanol–water partition coefficient (Wildman–Crippen LogP) is 6.81. The average molecular weight is 479 g/mol. The quantitative estimate of drug-likeness (QED) is 0.235. The fourth-order valence-electron chi connectivity index (χ4n) is 4.68. The molecule has 0 atom stereocenters. The van der Waals surface area contributed by atoms with Gasteiger partial charge in [0.15, 0.2) is 0 Å². The summed E-state index contributed by atoms with van der Waals surface area (Å²) in [5.74, 6) is -0.735. The molecule has 2 aromatic heterocycles. The van der Waals surface area contributed by atoms with Crippen LogP contribution < -0.4 is 0 Å². The number of nitrogens with zero attached hydrogens (tertiary/aromatic N) is 3. The molecule has 6 nitrogen and oxygen atoms in total. The second kappa shape index (κ2) is 9.59. The number of benzene rings is 2. The molecule has 1 aliphatic rings. The number of aryl methyl sites for hydroxylation is 1. The van der Waals surface area contributed by atoms with Gasteiger partial charge in [-0.3, -0.25) is 4.98 Å². The molecule has 1 saturated carbocycles. The van der Waals surface area contributed by atoms with Crippen molar-refractivity contribution in [1.82, 2.24) is 15.2 Å². The molecule has 2 heterocycles. The molecule has 7 heteroatoms. The zero-order valence-corrected chi connectivity index (χ0v) is 19.6. The Hall–Kier alpha value is -4.57. The van der Waals surface area contributed by atoms with E-state index in [1.54, 1.807) is 6.08 Å². The molecule has 178 valence electrons. The van der Waals surface area contributed by atoms with Crippen LogP contribution in [0.1, 0.15) is 47.2 Å². The summed E-state index contributed by atoms with van der Waals surface area (Å²) in [6, 6.07) is 15.0. The zero-order chi connectivity index (χ0) is 25.2. The number of rotatable bonds is 6. The van der Waals surface area contributed by atoms with Gasteiger partial charge in [0.25, 0.3) is 5.82 Å². The van der Waals surface area contributed by atoms with Gasteiger partial charge in [-0.1, -0.05) is 49.4 Å². The maximum atomic E-state index is 14.0. The summed E-state index contributed by atoms with van der Waals surface area (Å²) in [5.41, 5.74) is 6.87. The molecule has 0 saturated heterocycles. The lowest BCUT2D eigenvalue weighted by Crippen LogP contribution is -2.17. The Morgan fingerprint density at radius 2 is 1.92 bits per heavy atom. The van der Waals surface area contributed by atoms with Gasteiger partial charge in [0.05, 0.1) is 11.9 Å². The third-order valence-corrected chi connectivity index (χ3v) is 6.63. The Bertz CT molecular complexity index is 1570. The number of aromatic amines is 1. The molecule has 0 bridgehead atoms. The number of pyridine rings is 1. The van der Waals surface area contributed by atoms with E-state index < -0.39 is 5.97 Å². The van der Waals surface area contributed by atoms with Crippen LogP contribution in [0.2, 0.25) is 0 Å². The van der Waals surface area contributed by atoms with Crippen molar-refractivity contribution in [2.75, 3.05) is 0 Å². The molecule has 2 aromatic carbocycles. The Labute approximate surface area is 207 Å². The molecule has 36 heavy (non-hydrogen) atoms. The zero-order valence-electron chi connectivity index (χ0n) is 19.6. The first kappa shape index (κ1) is 23.2. The Balaban J connectivity index is 1.78. The molecule has 0 amide bonds. The van der Waals surface area contributed by atoms with E-state index in [4.69, 9.17) is 11.7 Å². The summed E-state index contributed by atoms with van der Waals surface area (Å²) < 4.78 is 14.0. The van der Waals surface area contributed by atoms with E-state index in [-0.39, 0.29) is 11.7 Å². The number of carbonyl (C=O) groups is 1. The fraction of sp³-hybridized carbons (Fsp3) is 0.172. The van der Waals surface area contributed by atoms with Crippen LogP contribution in [-0.4, -0.2) is 26.3 Å². The summed E-state index contributed by atoms with van der Waals surface area (Å²) in [5, 5.41) is 16.7.